The summed E-state index contributed by atoms with van der Waals surface area (Å²) in [6.45, 7) is 17.9. The Morgan fingerprint density at radius 1 is 0.902 bits per heavy atom. The molecule has 1 fully saturated rings. The molecule has 3 aromatic rings. The molecule has 1 saturated heterocycles. The van der Waals surface area contributed by atoms with E-state index in [0.717, 1.165) is 4.90 Å². The van der Waals surface area contributed by atoms with E-state index in [1.807, 2.05) is 27.7 Å². The van der Waals surface area contributed by atoms with Crippen molar-refractivity contribution in [2.24, 2.45) is 0 Å². The van der Waals surface area contributed by atoms with Gasteiger partial charge in [-0.25, -0.2) is 23.9 Å². The fraction of sp³-hybridized carbons (Fsp3) is 0.467. The Kier molecular flexibility index (Phi) is 7.68. The zero-order chi connectivity index (χ0) is 30.5. The van der Waals surface area contributed by atoms with E-state index in [1.165, 1.54) is 18.3 Å². The molecular weight excluding hydrogens is 528 g/mol. The largest absolute Gasteiger partial charge is 0.497 e. The summed E-state index contributed by atoms with van der Waals surface area (Å²) in [5.41, 5.74) is -1.47. The topological polar surface area (TPSA) is 100 Å². The Morgan fingerprint density at radius 3 is 1.98 bits per heavy atom. The summed E-state index contributed by atoms with van der Waals surface area (Å²) in [4.78, 5) is 37.0. The number of hydrogen-bond acceptors (Lipinski definition) is 8. The number of hydrogen-bond donors (Lipinski definition) is 0. The maximum Gasteiger partial charge on any atom is 0.497 e. The third-order valence-electron chi connectivity index (χ3n) is 6.74. The van der Waals surface area contributed by atoms with Crippen molar-refractivity contribution in [3.63, 3.8) is 0 Å². The SMILES string of the molecule is CC(C)(C)OC(=O)N(C(=O)OC(C)(C)C)c1ncc(B2OC(C)(C)C(C)(C)O2)c2ccc(-c3cccc(F)c3)nc12. The van der Waals surface area contributed by atoms with E-state index < -0.39 is 47.5 Å². The molecule has 1 aliphatic heterocycles. The monoisotopic (exact) mass is 565 g/mol. The number of pyridine rings is 2. The van der Waals surface area contributed by atoms with Gasteiger partial charge in [0.1, 0.15) is 22.5 Å². The minimum atomic E-state index is -0.984. The van der Waals surface area contributed by atoms with Crippen molar-refractivity contribution in [3.8, 4) is 11.3 Å². The van der Waals surface area contributed by atoms with Gasteiger partial charge in [-0.1, -0.05) is 18.2 Å². The second kappa shape index (κ2) is 10.4. The quantitative estimate of drug-likeness (QED) is 0.336. The third kappa shape index (κ3) is 6.51. The van der Waals surface area contributed by atoms with E-state index in [2.05, 4.69) is 4.98 Å². The van der Waals surface area contributed by atoms with Crippen LogP contribution in [0, 0.1) is 5.82 Å². The maximum atomic E-state index is 14.1. The zero-order valence-electron chi connectivity index (χ0n) is 25.3. The van der Waals surface area contributed by atoms with Crippen LogP contribution in [0.1, 0.15) is 69.2 Å². The van der Waals surface area contributed by atoms with Gasteiger partial charge in [-0.15, -0.1) is 0 Å². The highest BCUT2D eigenvalue weighted by atomic mass is 19.1. The second-order valence-corrected chi connectivity index (χ2v) is 13.0. The van der Waals surface area contributed by atoms with Gasteiger partial charge in [0.2, 0.25) is 0 Å². The summed E-state index contributed by atoms with van der Waals surface area (Å²) in [5, 5.41) is 0.519. The fourth-order valence-corrected chi connectivity index (χ4v) is 4.12. The molecule has 218 valence electrons. The smallest absolute Gasteiger partial charge is 0.443 e. The summed E-state index contributed by atoms with van der Waals surface area (Å²) in [7, 11) is -0.803. The lowest BCUT2D eigenvalue weighted by Crippen LogP contribution is -2.45. The van der Waals surface area contributed by atoms with Gasteiger partial charge in [0.25, 0.3) is 0 Å². The van der Waals surface area contributed by atoms with Crippen LogP contribution in [0.15, 0.2) is 42.6 Å². The summed E-state index contributed by atoms with van der Waals surface area (Å²) >= 11 is 0. The molecular formula is C30H37BFN3O6. The Hall–Kier alpha value is -3.57. The molecule has 2 amide bonds. The van der Waals surface area contributed by atoms with Crippen molar-refractivity contribution in [1.82, 2.24) is 9.97 Å². The van der Waals surface area contributed by atoms with Crippen molar-refractivity contribution in [3.05, 3.63) is 48.4 Å². The number of aromatic nitrogens is 2. The van der Waals surface area contributed by atoms with Crippen molar-refractivity contribution in [1.29, 1.82) is 0 Å². The molecule has 0 radical (unpaired) electrons. The third-order valence-corrected chi connectivity index (χ3v) is 6.74. The summed E-state index contributed by atoms with van der Waals surface area (Å²) in [5.74, 6) is -0.542. The Morgan fingerprint density at radius 2 is 1.46 bits per heavy atom. The molecule has 0 unspecified atom stereocenters. The van der Waals surface area contributed by atoms with Gasteiger partial charge in [0, 0.05) is 22.6 Å². The number of ether oxygens (including phenoxy) is 2. The van der Waals surface area contributed by atoms with Crippen LogP contribution < -0.4 is 10.4 Å². The Labute approximate surface area is 240 Å². The van der Waals surface area contributed by atoms with Crippen LogP contribution >= 0.6 is 0 Å². The second-order valence-electron chi connectivity index (χ2n) is 13.0. The number of benzene rings is 1. The number of carbonyl (C=O) groups excluding carboxylic acids is 2. The van der Waals surface area contributed by atoms with Crippen LogP contribution in [-0.4, -0.2) is 51.7 Å². The first-order chi connectivity index (χ1) is 18.8. The number of anilines is 1. The standard InChI is InChI=1S/C30H37BFN3O6/c1-27(2,3)38-25(36)35(26(37)39-28(4,5)6)24-23-20(14-15-22(34-23)18-12-11-13-19(32)16-18)21(17-33-24)31-40-29(7,8)30(9,10)41-31/h11-17H,1-10H3. The highest BCUT2D eigenvalue weighted by molar-refractivity contribution is 6.65. The van der Waals surface area contributed by atoms with Crippen molar-refractivity contribution >= 4 is 41.5 Å². The molecule has 1 aliphatic rings. The lowest BCUT2D eigenvalue weighted by molar-refractivity contribution is 0.00578. The van der Waals surface area contributed by atoms with E-state index in [-0.39, 0.29) is 11.3 Å². The highest BCUT2D eigenvalue weighted by Gasteiger charge is 2.52. The maximum absolute atomic E-state index is 14.1. The molecule has 41 heavy (non-hydrogen) atoms. The van der Waals surface area contributed by atoms with Crippen LogP contribution in [0.25, 0.3) is 22.2 Å². The summed E-state index contributed by atoms with van der Waals surface area (Å²) < 4.78 is 37.8. The van der Waals surface area contributed by atoms with Crippen molar-refractivity contribution in [2.75, 3.05) is 4.90 Å². The molecule has 1 aromatic carbocycles. The molecule has 0 bridgehead atoms. The van der Waals surface area contributed by atoms with E-state index in [1.54, 1.807) is 65.8 Å². The molecule has 9 nitrogen and oxygen atoms in total. The number of amides is 2. The first-order valence-electron chi connectivity index (χ1n) is 13.5. The number of imide groups is 1. The molecule has 4 rings (SSSR count). The van der Waals surface area contributed by atoms with Gasteiger partial charge in [0.15, 0.2) is 5.82 Å². The minimum Gasteiger partial charge on any atom is -0.443 e. The van der Waals surface area contributed by atoms with E-state index in [4.69, 9.17) is 23.8 Å². The lowest BCUT2D eigenvalue weighted by atomic mass is 9.77. The zero-order valence-corrected chi connectivity index (χ0v) is 25.3. The van der Waals surface area contributed by atoms with Crippen LogP contribution in [-0.2, 0) is 18.8 Å². The van der Waals surface area contributed by atoms with Crippen molar-refractivity contribution in [2.45, 2.75) is 91.6 Å². The predicted octanol–water partition coefficient (Wildman–Crippen LogP) is 6.41. The fourth-order valence-electron chi connectivity index (χ4n) is 4.12. The number of rotatable bonds is 3. The molecule has 11 heteroatoms. The van der Waals surface area contributed by atoms with Crippen LogP contribution in [0.2, 0.25) is 0 Å². The normalized spacial score (nSPS) is 16.5. The van der Waals surface area contributed by atoms with Crippen LogP contribution in [0.5, 0.6) is 0 Å². The Bertz CT molecular complexity index is 1450. The first-order valence-corrected chi connectivity index (χ1v) is 13.5. The molecule has 0 N–H and O–H groups in total. The van der Waals surface area contributed by atoms with Crippen LogP contribution in [0.3, 0.4) is 0 Å². The predicted molar refractivity (Wildman–Crippen MR) is 156 cm³/mol. The van der Waals surface area contributed by atoms with Gasteiger partial charge in [-0.3, -0.25) is 0 Å². The van der Waals surface area contributed by atoms with Gasteiger partial charge in [-0.2, -0.15) is 4.90 Å². The average molecular weight is 565 g/mol. The Balaban J connectivity index is 1.96. The highest BCUT2D eigenvalue weighted by Crippen LogP contribution is 2.38. The minimum absolute atomic E-state index is 0.109. The average Bonchev–Trinajstić information content (AvgIpc) is 3.03. The van der Waals surface area contributed by atoms with E-state index in [9.17, 15) is 14.0 Å². The molecule has 0 saturated carbocycles. The van der Waals surface area contributed by atoms with Gasteiger partial charge in [-0.05, 0) is 87.4 Å². The number of fused-ring (bicyclic) bond motifs is 1. The first kappa shape index (κ1) is 30.4. The lowest BCUT2D eigenvalue weighted by Gasteiger charge is -2.32. The van der Waals surface area contributed by atoms with Crippen molar-refractivity contribution < 1.29 is 32.8 Å². The molecule has 0 spiro atoms. The molecule has 0 aliphatic carbocycles. The summed E-state index contributed by atoms with van der Waals surface area (Å²) in [6.07, 6.45) is -0.478. The molecule has 2 aromatic heterocycles. The van der Waals surface area contributed by atoms with E-state index in [0.29, 0.717) is 22.1 Å². The van der Waals surface area contributed by atoms with Gasteiger partial charge in [0.05, 0.1) is 16.9 Å². The molecule has 3 heterocycles. The number of halogens is 1. The van der Waals surface area contributed by atoms with Crippen LogP contribution in [0.4, 0.5) is 19.8 Å². The van der Waals surface area contributed by atoms with Gasteiger partial charge < -0.3 is 18.8 Å². The van der Waals surface area contributed by atoms with Gasteiger partial charge >= 0.3 is 19.3 Å². The molecule has 0 atom stereocenters. The number of carbonyl (C=O) groups is 2. The number of nitrogens with zero attached hydrogens (tertiary/aromatic N) is 3. The summed E-state index contributed by atoms with van der Waals surface area (Å²) in [6, 6.07) is 9.45. The van der Waals surface area contributed by atoms with E-state index >= 15 is 0 Å².